The number of hydrogen-bond acceptors (Lipinski definition) is 7. The predicted octanol–water partition coefficient (Wildman–Crippen LogP) is 3.47. The lowest BCUT2D eigenvalue weighted by molar-refractivity contribution is -0.139. The van der Waals surface area contributed by atoms with Crippen molar-refractivity contribution >= 4 is 35.0 Å². The summed E-state index contributed by atoms with van der Waals surface area (Å²) in [6, 6.07) is 10.1. The van der Waals surface area contributed by atoms with Crippen LogP contribution in [0.25, 0.3) is 6.08 Å². The van der Waals surface area contributed by atoms with Gasteiger partial charge in [-0.2, -0.15) is 0 Å². The number of benzene rings is 2. The third-order valence-electron chi connectivity index (χ3n) is 5.48. The number of carbonyl (C=O) groups excluding carboxylic acids is 1. The fraction of sp³-hybridized carbons (Fsp3) is 0.240. The molecule has 176 valence electrons. The molecule has 7 nitrogen and oxygen atoms in total. The molecule has 9 heteroatoms. The molecule has 0 saturated carbocycles. The number of nitrogens with zero attached hydrogens (tertiary/aromatic N) is 2. The Balaban J connectivity index is 1.95. The summed E-state index contributed by atoms with van der Waals surface area (Å²) in [4.78, 5) is 31.5. The molecule has 4 rings (SSSR count). The van der Waals surface area contributed by atoms with Gasteiger partial charge in [0.15, 0.2) is 16.3 Å². The molecule has 34 heavy (non-hydrogen) atoms. The fourth-order valence-corrected chi connectivity index (χ4v) is 5.11. The second kappa shape index (κ2) is 9.48. The van der Waals surface area contributed by atoms with Crippen molar-refractivity contribution in [1.29, 1.82) is 0 Å². The number of phenolic OH excluding ortho intramolecular Hbond substituents is 1. The van der Waals surface area contributed by atoms with Crippen molar-refractivity contribution in [2.75, 3.05) is 13.7 Å². The van der Waals surface area contributed by atoms with Crippen molar-refractivity contribution in [2.45, 2.75) is 26.8 Å². The van der Waals surface area contributed by atoms with Gasteiger partial charge in [-0.1, -0.05) is 52.8 Å². The normalized spacial score (nSPS) is 15.7. The summed E-state index contributed by atoms with van der Waals surface area (Å²) < 4.78 is 12.4. The number of ether oxygens (including phenoxy) is 2. The molecule has 0 aliphatic carbocycles. The highest BCUT2D eigenvalue weighted by atomic mass is 35.5. The van der Waals surface area contributed by atoms with Gasteiger partial charge < -0.3 is 14.6 Å². The number of allylic oxidation sites excluding steroid dienone is 1. The number of rotatable bonds is 5. The number of aromatic hydroxyl groups is 1. The standard InChI is InChI=1S/C25H23ClN2O5S/c1-5-33-24(31)20-14(3)27-25-28(21(20)16-8-6-13(2)7-9-16)23(30)19(34-25)12-15-10-17(26)22(29)18(11-15)32-4/h6-12,21,29H,5H2,1-4H3/b19-12+/t21-/m0/s1. The highest BCUT2D eigenvalue weighted by Crippen LogP contribution is 2.35. The van der Waals surface area contributed by atoms with Crippen LogP contribution in [-0.4, -0.2) is 29.4 Å². The number of hydrogen-bond donors (Lipinski definition) is 1. The molecule has 1 N–H and O–H groups in total. The van der Waals surface area contributed by atoms with E-state index in [9.17, 15) is 14.7 Å². The number of phenols is 1. The minimum absolute atomic E-state index is 0.108. The first-order valence-electron chi connectivity index (χ1n) is 10.6. The Morgan fingerprint density at radius 1 is 1.26 bits per heavy atom. The Labute approximate surface area is 204 Å². The summed E-state index contributed by atoms with van der Waals surface area (Å²) in [5.41, 5.74) is 2.97. The predicted molar refractivity (Wildman–Crippen MR) is 131 cm³/mol. The zero-order valence-electron chi connectivity index (χ0n) is 19.1. The maximum atomic E-state index is 13.6. The third-order valence-corrected chi connectivity index (χ3v) is 6.75. The van der Waals surface area contributed by atoms with Gasteiger partial charge in [0.2, 0.25) is 0 Å². The van der Waals surface area contributed by atoms with Crippen LogP contribution in [0.3, 0.4) is 0 Å². The Morgan fingerprint density at radius 2 is 1.97 bits per heavy atom. The molecule has 0 fully saturated rings. The molecule has 1 atom stereocenters. The van der Waals surface area contributed by atoms with Crippen molar-refractivity contribution < 1.29 is 19.4 Å². The molecule has 0 bridgehead atoms. The smallest absolute Gasteiger partial charge is 0.338 e. The highest BCUT2D eigenvalue weighted by molar-refractivity contribution is 7.07. The van der Waals surface area contributed by atoms with Gasteiger partial charge in [-0.25, -0.2) is 9.79 Å². The second-order valence-electron chi connectivity index (χ2n) is 7.77. The van der Waals surface area contributed by atoms with Crippen molar-refractivity contribution in [2.24, 2.45) is 4.99 Å². The van der Waals surface area contributed by atoms with Crippen molar-refractivity contribution in [3.63, 3.8) is 0 Å². The minimum Gasteiger partial charge on any atom is -0.503 e. The van der Waals surface area contributed by atoms with E-state index >= 15 is 0 Å². The molecule has 0 saturated heterocycles. The molecule has 0 spiro atoms. The van der Waals surface area contributed by atoms with Crippen molar-refractivity contribution in [3.05, 3.63) is 89.1 Å². The van der Waals surface area contributed by atoms with E-state index in [2.05, 4.69) is 4.99 Å². The van der Waals surface area contributed by atoms with Crippen LogP contribution in [0.15, 0.2) is 57.5 Å². The molecular weight excluding hydrogens is 476 g/mol. The van der Waals surface area contributed by atoms with Crippen LogP contribution in [0.1, 0.15) is 36.6 Å². The van der Waals surface area contributed by atoms with E-state index in [0.717, 1.165) is 11.1 Å². The Morgan fingerprint density at radius 3 is 2.62 bits per heavy atom. The van der Waals surface area contributed by atoms with Crippen LogP contribution in [0.2, 0.25) is 5.02 Å². The summed E-state index contributed by atoms with van der Waals surface area (Å²) in [5, 5.41) is 10.1. The number of aromatic nitrogens is 1. The summed E-state index contributed by atoms with van der Waals surface area (Å²) in [6.45, 7) is 5.67. The maximum absolute atomic E-state index is 13.6. The van der Waals surface area contributed by atoms with Gasteiger partial charge in [0.05, 0.1) is 40.6 Å². The highest BCUT2D eigenvalue weighted by Gasteiger charge is 2.33. The lowest BCUT2D eigenvalue weighted by Gasteiger charge is -2.24. The lowest BCUT2D eigenvalue weighted by Crippen LogP contribution is -2.39. The van der Waals surface area contributed by atoms with Crippen LogP contribution in [-0.2, 0) is 9.53 Å². The number of esters is 1. The quantitative estimate of drug-likeness (QED) is 0.544. The molecule has 1 aliphatic rings. The lowest BCUT2D eigenvalue weighted by atomic mass is 9.95. The van der Waals surface area contributed by atoms with Gasteiger partial charge in [-0.15, -0.1) is 0 Å². The molecule has 3 aromatic rings. The first-order valence-corrected chi connectivity index (χ1v) is 11.8. The van der Waals surface area contributed by atoms with Crippen LogP contribution in [0.4, 0.5) is 0 Å². The van der Waals surface area contributed by atoms with E-state index in [0.29, 0.717) is 26.2 Å². The average Bonchev–Trinajstić information content (AvgIpc) is 3.10. The molecule has 0 radical (unpaired) electrons. The third kappa shape index (κ3) is 4.26. The Kier molecular flexibility index (Phi) is 6.63. The van der Waals surface area contributed by atoms with E-state index in [1.54, 1.807) is 32.1 Å². The van der Waals surface area contributed by atoms with Gasteiger partial charge in [-0.05, 0) is 50.1 Å². The maximum Gasteiger partial charge on any atom is 0.338 e. The first-order chi connectivity index (χ1) is 16.2. The van der Waals surface area contributed by atoms with E-state index in [-0.39, 0.29) is 28.7 Å². The topological polar surface area (TPSA) is 90.1 Å². The number of fused-ring (bicyclic) bond motifs is 1. The number of methoxy groups -OCH3 is 1. The monoisotopic (exact) mass is 498 g/mol. The summed E-state index contributed by atoms with van der Waals surface area (Å²) in [5.74, 6) is -0.472. The molecule has 2 aromatic carbocycles. The van der Waals surface area contributed by atoms with Crippen LogP contribution in [0, 0.1) is 6.92 Å². The van der Waals surface area contributed by atoms with E-state index in [4.69, 9.17) is 21.1 Å². The van der Waals surface area contributed by atoms with Crippen molar-refractivity contribution in [3.8, 4) is 11.5 Å². The summed E-state index contributed by atoms with van der Waals surface area (Å²) in [6.07, 6.45) is 1.66. The molecule has 2 heterocycles. The van der Waals surface area contributed by atoms with Gasteiger partial charge >= 0.3 is 5.97 Å². The van der Waals surface area contributed by atoms with E-state index < -0.39 is 12.0 Å². The zero-order valence-corrected chi connectivity index (χ0v) is 20.7. The minimum atomic E-state index is -0.670. The average molecular weight is 499 g/mol. The largest absolute Gasteiger partial charge is 0.503 e. The number of carbonyl (C=O) groups is 1. The molecular formula is C25H23ClN2O5S. The SMILES string of the molecule is CCOC(=O)C1=C(C)N=c2s/c(=C/c3cc(Cl)c(O)c(OC)c3)c(=O)n2[C@H]1c1ccc(C)cc1. The van der Waals surface area contributed by atoms with E-state index in [1.165, 1.54) is 23.0 Å². The van der Waals surface area contributed by atoms with Gasteiger partial charge in [0, 0.05) is 0 Å². The first kappa shape index (κ1) is 23.8. The van der Waals surface area contributed by atoms with Crippen LogP contribution < -0.4 is 19.6 Å². The summed E-state index contributed by atoms with van der Waals surface area (Å²) in [7, 11) is 1.42. The summed E-state index contributed by atoms with van der Waals surface area (Å²) >= 11 is 7.33. The van der Waals surface area contributed by atoms with Crippen LogP contribution >= 0.6 is 22.9 Å². The number of thiazole rings is 1. The van der Waals surface area contributed by atoms with E-state index in [1.807, 2.05) is 31.2 Å². The van der Waals surface area contributed by atoms with Gasteiger partial charge in [-0.3, -0.25) is 9.36 Å². The van der Waals surface area contributed by atoms with Crippen LogP contribution in [0.5, 0.6) is 11.5 Å². The molecule has 1 aromatic heterocycles. The Hall–Kier alpha value is -3.36. The number of halogens is 1. The van der Waals surface area contributed by atoms with Crippen molar-refractivity contribution in [1.82, 2.24) is 4.57 Å². The Bertz CT molecular complexity index is 1490. The molecule has 0 unspecified atom stereocenters. The van der Waals surface area contributed by atoms with Gasteiger partial charge in [0.25, 0.3) is 5.56 Å². The number of aryl methyl sites for hydroxylation is 1. The van der Waals surface area contributed by atoms with Gasteiger partial charge in [0.1, 0.15) is 0 Å². The fourth-order valence-electron chi connectivity index (χ4n) is 3.84. The molecule has 0 amide bonds. The molecule has 1 aliphatic heterocycles. The zero-order chi connectivity index (χ0) is 24.6. The second-order valence-corrected chi connectivity index (χ2v) is 9.18.